The van der Waals surface area contributed by atoms with Gasteiger partial charge >= 0.3 is 0 Å². The molecule has 80 valence electrons. The minimum atomic E-state index is -0.199. The van der Waals surface area contributed by atoms with Crippen LogP contribution in [0, 0.1) is 6.92 Å². The van der Waals surface area contributed by atoms with Gasteiger partial charge in [0, 0.05) is 12.6 Å². The molecule has 15 heavy (non-hydrogen) atoms. The number of rotatable bonds is 1. The Labute approximate surface area is 89.9 Å². The Morgan fingerprint density at radius 3 is 2.80 bits per heavy atom. The predicted molar refractivity (Wildman–Crippen MR) is 59.5 cm³/mol. The van der Waals surface area contributed by atoms with Crippen LogP contribution in [-0.2, 0) is 4.79 Å². The number of nitrogens with one attached hydrogen (secondary N) is 2. The summed E-state index contributed by atoms with van der Waals surface area (Å²) in [6.45, 7) is 4.81. The van der Waals surface area contributed by atoms with Crippen molar-refractivity contribution in [3.05, 3.63) is 35.4 Å². The van der Waals surface area contributed by atoms with Gasteiger partial charge in [-0.2, -0.15) is 0 Å². The molecule has 0 radical (unpaired) electrons. The average molecular weight is 204 g/mol. The summed E-state index contributed by atoms with van der Waals surface area (Å²) in [5, 5.41) is 6.22. The first-order valence-electron chi connectivity index (χ1n) is 5.28. The zero-order valence-corrected chi connectivity index (χ0v) is 9.08. The molecule has 0 spiro atoms. The monoisotopic (exact) mass is 204 g/mol. The van der Waals surface area contributed by atoms with Crippen LogP contribution in [0.25, 0.3) is 0 Å². The van der Waals surface area contributed by atoms with Gasteiger partial charge in [-0.05, 0) is 25.0 Å². The lowest BCUT2D eigenvalue weighted by Crippen LogP contribution is -2.52. The average Bonchev–Trinajstić information content (AvgIpc) is 2.23. The largest absolute Gasteiger partial charge is 0.353 e. The Bertz CT molecular complexity index is 376. The molecule has 1 saturated heterocycles. The van der Waals surface area contributed by atoms with Gasteiger partial charge in [-0.25, -0.2) is 0 Å². The molecule has 3 heteroatoms. The molecular formula is C12H16N2O. The van der Waals surface area contributed by atoms with E-state index in [0.717, 1.165) is 11.1 Å². The first-order valence-corrected chi connectivity index (χ1v) is 5.28. The van der Waals surface area contributed by atoms with Crippen LogP contribution in [0.1, 0.15) is 24.1 Å². The van der Waals surface area contributed by atoms with Crippen molar-refractivity contribution < 1.29 is 4.79 Å². The number of carbonyl (C=O) groups is 1. The van der Waals surface area contributed by atoms with E-state index >= 15 is 0 Å². The van der Waals surface area contributed by atoms with Crippen LogP contribution < -0.4 is 10.6 Å². The third-order valence-electron chi connectivity index (χ3n) is 2.80. The highest BCUT2D eigenvalue weighted by Crippen LogP contribution is 2.19. The second kappa shape index (κ2) is 4.03. The quantitative estimate of drug-likeness (QED) is 0.720. The van der Waals surface area contributed by atoms with Crippen molar-refractivity contribution in [2.75, 3.05) is 6.54 Å². The van der Waals surface area contributed by atoms with Gasteiger partial charge in [-0.3, -0.25) is 10.1 Å². The molecule has 2 N–H and O–H groups in total. The smallest absolute Gasteiger partial charge is 0.241 e. The van der Waals surface area contributed by atoms with Crippen molar-refractivity contribution in [3.63, 3.8) is 0 Å². The molecule has 1 fully saturated rings. The third-order valence-corrected chi connectivity index (χ3v) is 2.80. The molecule has 2 rings (SSSR count). The summed E-state index contributed by atoms with van der Waals surface area (Å²) in [7, 11) is 0. The highest BCUT2D eigenvalue weighted by Gasteiger charge is 2.27. The fraction of sp³-hybridized carbons (Fsp3) is 0.417. The second-order valence-electron chi connectivity index (χ2n) is 4.10. The summed E-state index contributed by atoms with van der Waals surface area (Å²) < 4.78 is 0. The number of piperazine rings is 1. The lowest BCUT2D eigenvalue weighted by Gasteiger charge is -2.29. The van der Waals surface area contributed by atoms with Gasteiger partial charge in [-0.15, -0.1) is 0 Å². The molecule has 0 aromatic heterocycles. The zero-order valence-electron chi connectivity index (χ0n) is 9.08. The van der Waals surface area contributed by atoms with Crippen LogP contribution in [0.2, 0.25) is 0 Å². The minimum Gasteiger partial charge on any atom is -0.353 e. The molecule has 1 aromatic carbocycles. The molecule has 1 aromatic rings. The number of hydrogen-bond acceptors (Lipinski definition) is 2. The summed E-state index contributed by atoms with van der Waals surface area (Å²) in [6.07, 6.45) is 0. The second-order valence-corrected chi connectivity index (χ2v) is 4.10. The van der Waals surface area contributed by atoms with Crippen molar-refractivity contribution in [1.29, 1.82) is 0 Å². The highest BCUT2D eigenvalue weighted by atomic mass is 16.2. The summed E-state index contributed by atoms with van der Waals surface area (Å²) in [5.74, 6) is 0.0717. The zero-order chi connectivity index (χ0) is 10.8. The van der Waals surface area contributed by atoms with Gasteiger partial charge in [0.2, 0.25) is 5.91 Å². The summed E-state index contributed by atoms with van der Waals surface area (Å²) >= 11 is 0. The van der Waals surface area contributed by atoms with Crippen molar-refractivity contribution in [1.82, 2.24) is 10.6 Å². The van der Waals surface area contributed by atoms with Gasteiger partial charge in [0.25, 0.3) is 0 Å². The summed E-state index contributed by atoms with van der Waals surface area (Å²) in [4.78, 5) is 11.7. The molecule has 1 amide bonds. The standard InChI is InChI=1S/C12H16N2O/c1-8-5-3-4-6-10(8)11-12(15)13-7-9(2)14-11/h3-6,9,11,14H,7H2,1-2H3,(H,13,15). The molecule has 1 heterocycles. The predicted octanol–water partition coefficient (Wildman–Crippen LogP) is 1.14. The van der Waals surface area contributed by atoms with E-state index < -0.39 is 0 Å². The minimum absolute atomic E-state index is 0.0717. The van der Waals surface area contributed by atoms with Gasteiger partial charge in [-0.1, -0.05) is 24.3 Å². The molecule has 0 aliphatic carbocycles. The van der Waals surface area contributed by atoms with Crippen molar-refractivity contribution in [2.24, 2.45) is 0 Å². The molecule has 2 unspecified atom stereocenters. The molecule has 3 nitrogen and oxygen atoms in total. The number of amides is 1. The number of benzene rings is 1. The lowest BCUT2D eigenvalue weighted by molar-refractivity contribution is -0.125. The molecule has 1 aliphatic heterocycles. The normalized spacial score (nSPS) is 26.1. The molecule has 1 aliphatic rings. The van der Waals surface area contributed by atoms with E-state index in [1.807, 2.05) is 31.2 Å². The van der Waals surface area contributed by atoms with E-state index in [-0.39, 0.29) is 11.9 Å². The van der Waals surface area contributed by atoms with E-state index in [4.69, 9.17) is 0 Å². The molecule has 2 atom stereocenters. The van der Waals surface area contributed by atoms with Gasteiger partial charge < -0.3 is 5.32 Å². The van der Waals surface area contributed by atoms with E-state index in [0.29, 0.717) is 12.6 Å². The van der Waals surface area contributed by atoms with Crippen LogP contribution >= 0.6 is 0 Å². The maximum absolute atomic E-state index is 11.7. The van der Waals surface area contributed by atoms with Gasteiger partial charge in [0.15, 0.2) is 0 Å². The fourth-order valence-corrected chi connectivity index (χ4v) is 1.92. The van der Waals surface area contributed by atoms with Crippen molar-refractivity contribution in [2.45, 2.75) is 25.9 Å². The van der Waals surface area contributed by atoms with Crippen molar-refractivity contribution >= 4 is 5.91 Å². The Kier molecular flexibility index (Phi) is 2.73. The first kappa shape index (κ1) is 10.2. The van der Waals surface area contributed by atoms with Crippen LogP contribution in [0.3, 0.4) is 0 Å². The van der Waals surface area contributed by atoms with Gasteiger partial charge in [0.1, 0.15) is 6.04 Å². The van der Waals surface area contributed by atoms with Crippen LogP contribution in [0.15, 0.2) is 24.3 Å². The van der Waals surface area contributed by atoms with E-state index in [2.05, 4.69) is 17.6 Å². The molecule has 0 saturated carbocycles. The Balaban J connectivity index is 2.29. The number of hydrogen-bond donors (Lipinski definition) is 2. The lowest BCUT2D eigenvalue weighted by atomic mass is 9.98. The first-order chi connectivity index (χ1) is 7.18. The number of carbonyl (C=O) groups excluding carboxylic acids is 1. The molecular weight excluding hydrogens is 188 g/mol. The van der Waals surface area contributed by atoms with Crippen LogP contribution in [0.5, 0.6) is 0 Å². The Morgan fingerprint density at radius 1 is 1.33 bits per heavy atom. The van der Waals surface area contributed by atoms with Gasteiger partial charge in [0.05, 0.1) is 0 Å². The maximum atomic E-state index is 11.7. The van der Waals surface area contributed by atoms with E-state index in [1.165, 1.54) is 0 Å². The number of aryl methyl sites for hydroxylation is 1. The van der Waals surface area contributed by atoms with E-state index in [9.17, 15) is 4.79 Å². The van der Waals surface area contributed by atoms with Crippen molar-refractivity contribution in [3.8, 4) is 0 Å². The topological polar surface area (TPSA) is 41.1 Å². The van der Waals surface area contributed by atoms with Crippen LogP contribution in [-0.4, -0.2) is 18.5 Å². The maximum Gasteiger partial charge on any atom is 0.241 e. The summed E-state index contributed by atoms with van der Waals surface area (Å²) in [5.41, 5.74) is 2.22. The Hall–Kier alpha value is -1.35. The SMILES string of the molecule is Cc1ccccc1C1NC(C)CNC1=O. The Morgan fingerprint density at radius 2 is 2.07 bits per heavy atom. The third kappa shape index (κ3) is 2.02. The fourth-order valence-electron chi connectivity index (χ4n) is 1.92. The highest BCUT2D eigenvalue weighted by molar-refractivity contribution is 5.84. The van der Waals surface area contributed by atoms with E-state index in [1.54, 1.807) is 0 Å². The summed E-state index contributed by atoms with van der Waals surface area (Å²) in [6, 6.07) is 8.12. The van der Waals surface area contributed by atoms with Crippen LogP contribution in [0.4, 0.5) is 0 Å². The molecule has 0 bridgehead atoms.